The van der Waals surface area contributed by atoms with Crippen molar-refractivity contribution in [2.75, 3.05) is 10.2 Å². The lowest BCUT2D eigenvalue weighted by molar-refractivity contribution is -0.120. The maximum absolute atomic E-state index is 13.1. The molecule has 2 heterocycles. The van der Waals surface area contributed by atoms with E-state index in [1.807, 2.05) is 0 Å². The number of nitrogens with zero attached hydrogens (tertiary/aromatic N) is 1. The molecule has 4 rings (SSSR count). The summed E-state index contributed by atoms with van der Waals surface area (Å²) in [7, 11) is 0. The van der Waals surface area contributed by atoms with E-state index in [1.54, 1.807) is 0 Å². The van der Waals surface area contributed by atoms with Gasteiger partial charge in [-0.25, -0.2) is 0 Å². The fourth-order valence-corrected chi connectivity index (χ4v) is 5.88. The molecule has 2 aromatic rings. The molecule has 0 saturated carbocycles. The van der Waals surface area contributed by atoms with Crippen LogP contribution in [0.3, 0.4) is 0 Å². The summed E-state index contributed by atoms with van der Waals surface area (Å²) in [4.78, 5) is 15.2. The average Bonchev–Trinajstić information content (AvgIpc) is 2.66. The third kappa shape index (κ3) is 3.58. The first-order chi connectivity index (χ1) is 14.5. The predicted octanol–water partition coefficient (Wildman–Crippen LogP) is 6.92. The molecule has 0 radical (unpaired) electrons. The van der Waals surface area contributed by atoms with Crippen LogP contribution in [0, 0.1) is 0 Å². The van der Waals surface area contributed by atoms with Gasteiger partial charge in [-0.2, -0.15) is 0 Å². The van der Waals surface area contributed by atoms with Crippen LogP contribution in [0.4, 0.5) is 11.4 Å². The second-order valence-electron chi connectivity index (χ2n) is 10.8. The third-order valence-electron chi connectivity index (χ3n) is 6.96. The van der Waals surface area contributed by atoms with Crippen LogP contribution in [0.15, 0.2) is 48.5 Å². The number of carbonyl (C=O) groups is 1. The molecule has 0 aromatic heterocycles. The molecule has 2 aliphatic rings. The molecule has 31 heavy (non-hydrogen) atoms. The fraction of sp³-hybridized carbons (Fsp3) is 0.464. The highest BCUT2D eigenvalue weighted by molar-refractivity contribution is 5.96. The average molecular weight is 417 g/mol. The van der Waals surface area contributed by atoms with Crippen molar-refractivity contribution in [3.8, 4) is 0 Å². The predicted molar refractivity (Wildman–Crippen MR) is 132 cm³/mol. The Morgan fingerprint density at radius 3 is 2.48 bits per heavy atom. The molecule has 0 aliphatic carbocycles. The highest BCUT2D eigenvalue weighted by Gasteiger charge is 2.47. The van der Waals surface area contributed by atoms with E-state index in [-0.39, 0.29) is 22.4 Å². The van der Waals surface area contributed by atoms with Gasteiger partial charge in [0.1, 0.15) is 0 Å². The first-order valence-electron chi connectivity index (χ1n) is 11.5. The summed E-state index contributed by atoms with van der Waals surface area (Å²) in [5, 5.41) is 3.65. The van der Waals surface area contributed by atoms with Crippen LogP contribution in [-0.4, -0.2) is 17.0 Å². The number of hydrogen-bond donors (Lipinski definition) is 1. The lowest BCUT2D eigenvalue weighted by atomic mass is 9.64. The third-order valence-corrected chi connectivity index (χ3v) is 6.96. The monoisotopic (exact) mass is 416 g/mol. The van der Waals surface area contributed by atoms with Gasteiger partial charge < -0.3 is 10.2 Å². The molecular weight excluding hydrogens is 380 g/mol. The summed E-state index contributed by atoms with van der Waals surface area (Å²) in [5.74, 6) is 0.220. The van der Waals surface area contributed by atoms with Crippen molar-refractivity contribution >= 4 is 22.9 Å². The quantitative estimate of drug-likeness (QED) is 0.589. The molecule has 0 saturated heterocycles. The molecule has 1 N–H and O–H groups in total. The van der Waals surface area contributed by atoms with Crippen molar-refractivity contribution in [3.05, 3.63) is 65.2 Å². The van der Waals surface area contributed by atoms with Crippen molar-refractivity contribution < 1.29 is 4.79 Å². The minimum Gasteiger partial charge on any atom is -0.376 e. The maximum Gasteiger partial charge on any atom is 0.227 e. The number of anilines is 2. The zero-order chi connectivity index (χ0) is 22.6. The van der Waals surface area contributed by atoms with Crippen molar-refractivity contribution in [3.63, 3.8) is 0 Å². The molecule has 164 valence electrons. The number of fused-ring (bicyclic) bond motifs is 2. The van der Waals surface area contributed by atoms with Gasteiger partial charge in [0.05, 0.1) is 5.54 Å². The molecule has 3 heteroatoms. The van der Waals surface area contributed by atoms with E-state index < -0.39 is 0 Å². The van der Waals surface area contributed by atoms with E-state index in [1.165, 1.54) is 28.0 Å². The number of allylic oxidation sites excluding steroid dienone is 1. The molecule has 2 aliphatic heterocycles. The Morgan fingerprint density at radius 2 is 1.77 bits per heavy atom. The molecule has 0 unspecified atom stereocenters. The van der Waals surface area contributed by atoms with Crippen LogP contribution >= 0.6 is 0 Å². The number of hydrogen-bond acceptors (Lipinski definition) is 2. The minimum absolute atomic E-state index is 0.0396. The summed E-state index contributed by atoms with van der Waals surface area (Å²) >= 11 is 0. The van der Waals surface area contributed by atoms with Gasteiger partial charge in [-0.15, -0.1) is 0 Å². The van der Waals surface area contributed by atoms with Crippen molar-refractivity contribution in [1.29, 1.82) is 0 Å². The van der Waals surface area contributed by atoms with Gasteiger partial charge in [-0.05, 0) is 82.4 Å². The van der Waals surface area contributed by atoms with Gasteiger partial charge in [0, 0.05) is 34.3 Å². The molecule has 0 fully saturated rings. The van der Waals surface area contributed by atoms with E-state index in [2.05, 4.69) is 107 Å². The lowest BCUT2D eigenvalue weighted by Gasteiger charge is -2.51. The summed E-state index contributed by atoms with van der Waals surface area (Å²) in [6.07, 6.45) is 4.64. The van der Waals surface area contributed by atoms with Crippen LogP contribution < -0.4 is 10.2 Å². The molecule has 1 amide bonds. The van der Waals surface area contributed by atoms with Gasteiger partial charge in [0.2, 0.25) is 5.91 Å². The van der Waals surface area contributed by atoms with E-state index in [0.717, 1.165) is 18.5 Å². The lowest BCUT2D eigenvalue weighted by Crippen LogP contribution is -2.55. The van der Waals surface area contributed by atoms with Gasteiger partial charge in [-0.3, -0.25) is 4.79 Å². The summed E-state index contributed by atoms with van der Waals surface area (Å²) in [5.41, 5.74) is 6.91. The van der Waals surface area contributed by atoms with Gasteiger partial charge in [0.15, 0.2) is 0 Å². The standard InChI is InChI=1S/C28H36N2O/c1-8-11-25(31)30-24-13-10-9-12-22(24)28(7,18-27(30,5)6)20-14-15-23-21(16-20)19(2)17-26(3,4)29-23/h9-10,12-17,29H,8,11,18H2,1-7H3/t28-/m0/s1. The van der Waals surface area contributed by atoms with E-state index in [9.17, 15) is 4.79 Å². The van der Waals surface area contributed by atoms with Crippen molar-refractivity contribution in [2.45, 2.75) is 84.2 Å². The normalized spacial score (nSPS) is 23.3. The molecular formula is C28H36N2O. The summed E-state index contributed by atoms with van der Waals surface area (Å²) < 4.78 is 0. The van der Waals surface area contributed by atoms with Crippen molar-refractivity contribution in [2.24, 2.45) is 0 Å². The highest BCUT2D eigenvalue weighted by atomic mass is 16.2. The summed E-state index contributed by atoms with van der Waals surface area (Å²) in [6.45, 7) is 15.5. The van der Waals surface area contributed by atoms with Gasteiger partial charge >= 0.3 is 0 Å². The Balaban J connectivity index is 1.87. The number of amides is 1. The molecule has 0 spiro atoms. The molecule has 3 nitrogen and oxygen atoms in total. The zero-order valence-electron chi connectivity index (χ0n) is 20.1. The first kappa shape index (κ1) is 21.7. The second-order valence-corrected chi connectivity index (χ2v) is 10.8. The Kier molecular flexibility index (Phi) is 5.07. The Bertz CT molecular complexity index is 1060. The van der Waals surface area contributed by atoms with Gasteiger partial charge in [0.25, 0.3) is 0 Å². The van der Waals surface area contributed by atoms with Gasteiger partial charge in [-0.1, -0.05) is 44.2 Å². The number of para-hydroxylation sites is 1. The smallest absolute Gasteiger partial charge is 0.227 e. The zero-order valence-corrected chi connectivity index (χ0v) is 20.1. The van der Waals surface area contributed by atoms with Crippen LogP contribution in [0.25, 0.3) is 5.57 Å². The largest absolute Gasteiger partial charge is 0.376 e. The van der Waals surface area contributed by atoms with Crippen LogP contribution in [0.2, 0.25) is 0 Å². The molecule has 0 bridgehead atoms. The first-order valence-corrected chi connectivity index (χ1v) is 11.5. The Labute approximate surface area is 187 Å². The minimum atomic E-state index is -0.267. The molecule has 2 aromatic carbocycles. The van der Waals surface area contributed by atoms with E-state index >= 15 is 0 Å². The van der Waals surface area contributed by atoms with E-state index in [0.29, 0.717) is 6.42 Å². The maximum atomic E-state index is 13.1. The second kappa shape index (κ2) is 7.25. The molecule has 1 atom stereocenters. The fourth-order valence-electron chi connectivity index (χ4n) is 5.88. The highest BCUT2D eigenvalue weighted by Crippen LogP contribution is 2.51. The van der Waals surface area contributed by atoms with Crippen LogP contribution in [0.1, 0.15) is 84.4 Å². The number of carbonyl (C=O) groups excluding carboxylic acids is 1. The number of nitrogens with one attached hydrogen (secondary N) is 1. The number of rotatable bonds is 3. The Morgan fingerprint density at radius 1 is 1.06 bits per heavy atom. The topological polar surface area (TPSA) is 32.3 Å². The summed E-state index contributed by atoms with van der Waals surface area (Å²) in [6, 6.07) is 15.4. The SMILES string of the molecule is CCCC(=O)N1c2ccccc2[C@](C)(c2ccc3c(c2)C(C)=CC(C)(C)N3)CC1(C)C. The van der Waals surface area contributed by atoms with Crippen molar-refractivity contribution in [1.82, 2.24) is 0 Å². The number of benzene rings is 2. The van der Waals surface area contributed by atoms with Crippen LogP contribution in [-0.2, 0) is 10.2 Å². The van der Waals surface area contributed by atoms with Crippen LogP contribution in [0.5, 0.6) is 0 Å². The Hall–Kier alpha value is -2.55. The van der Waals surface area contributed by atoms with E-state index in [4.69, 9.17) is 0 Å².